The molecule has 16 heavy (non-hydrogen) atoms. The Kier molecular flexibility index (Phi) is 2.52. The number of hydrogen-bond acceptors (Lipinski definition) is 4. The second kappa shape index (κ2) is 4.01. The summed E-state index contributed by atoms with van der Waals surface area (Å²) < 4.78 is 5.91. The lowest BCUT2D eigenvalue weighted by atomic mass is 9.96. The third kappa shape index (κ3) is 1.78. The van der Waals surface area contributed by atoms with Gasteiger partial charge in [0.25, 0.3) is 0 Å². The molecule has 0 N–H and O–H groups in total. The summed E-state index contributed by atoms with van der Waals surface area (Å²) in [4.78, 5) is 10.9. The van der Waals surface area contributed by atoms with Crippen molar-refractivity contribution in [3.63, 3.8) is 0 Å². The highest BCUT2D eigenvalue weighted by Gasteiger charge is 2.24. The molecule has 86 valence electrons. The third-order valence-corrected chi connectivity index (χ3v) is 3.49. The van der Waals surface area contributed by atoms with E-state index in [-0.39, 0.29) is 0 Å². The van der Waals surface area contributed by atoms with Crippen LogP contribution in [0, 0.1) is 0 Å². The molecular weight excluding hydrogens is 202 g/mol. The van der Waals surface area contributed by atoms with Gasteiger partial charge in [-0.25, -0.2) is 9.97 Å². The van der Waals surface area contributed by atoms with Crippen LogP contribution in [-0.2, 0) is 13.0 Å². The first kappa shape index (κ1) is 10.0. The van der Waals surface area contributed by atoms with Gasteiger partial charge < -0.3 is 9.64 Å². The molecule has 0 radical (unpaired) electrons. The summed E-state index contributed by atoms with van der Waals surface area (Å²) in [5.41, 5.74) is 2.37. The summed E-state index contributed by atoms with van der Waals surface area (Å²) >= 11 is 0. The van der Waals surface area contributed by atoms with Crippen LogP contribution in [0.5, 0.6) is 5.88 Å². The predicted molar refractivity (Wildman–Crippen MR) is 60.3 cm³/mol. The third-order valence-electron chi connectivity index (χ3n) is 3.49. The molecule has 1 saturated carbocycles. The van der Waals surface area contributed by atoms with Gasteiger partial charge in [-0.05, 0) is 32.7 Å². The van der Waals surface area contributed by atoms with Gasteiger partial charge in [0.1, 0.15) is 12.4 Å². The number of rotatable bonds is 2. The van der Waals surface area contributed by atoms with Gasteiger partial charge in [0, 0.05) is 18.7 Å². The van der Waals surface area contributed by atoms with Crippen molar-refractivity contribution in [2.45, 2.75) is 38.3 Å². The molecule has 0 atom stereocenters. The fraction of sp³-hybridized carbons (Fsp3) is 0.667. The molecule has 4 nitrogen and oxygen atoms in total. The van der Waals surface area contributed by atoms with Crippen LogP contribution in [0.25, 0.3) is 0 Å². The zero-order chi connectivity index (χ0) is 11.0. The summed E-state index contributed by atoms with van der Waals surface area (Å²) in [7, 11) is 2.12. The predicted octanol–water partition coefficient (Wildman–Crippen LogP) is 1.40. The Hall–Kier alpha value is -1.16. The quantitative estimate of drug-likeness (QED) is 0.753. The SMILES string of the molecule is CN1CCc2c(ncnc2OC2CCC2)C1. The topological polar surface area (TPSA) is 38.2 Å². The fourth-order valence-corrected chi connectivity index (χ4v) is 2.20. The highest BCUT2D eigenvalue weighted by atomic mass is 16.5. The number of ether oxygens (including phenoxy) is 1. The van der Waals surface area contributed by atoms with E-state index in [2.05, 4.69) is 21.9 Å². The lowest BCUT2D eigenvalue weighted by Gasteiger charge is -2.29. The van der Waals surface area contributed by atoms with Gasteiger partial charge in [0.2, 0.25) is 5.88 Å². The van der Waals surface area contributed by atoms with E-state index in [1.54, 1.807) is 6.33 Å². The van der Waals surface area contributed by atoms with Crippen molar-refractivity contribution in [1.29, 1.82) is 0 Å². The molecule has 0 spiro atoms. The Balaban J connectivity index is 1.84. The van der Waals surface area contributed by atoms with E-state index < -0.39 is 0 Å². The van der Waals surface area contributed by atoms with Gasteiger partial charge in [-0.3, -0.25) is 0 Å². The molecule has 1 fully saturated rings. The molecule has 1 aliphatic carbocycles. The van der Waals surface area contributed by atoms with Gasteiger partial charge in [0.05, 0.1) is 5.69 Å². The second-order valence-electron chi connectivity index (χ2n) is 4.76. The Morgan fingerprint density at radius 3 is 3.00 bits per heavy atom. The molecule has 4 heteroatoms. The maximum absolute atomic E-state index is 5.91. The van der Waals surface area contributed by atoms with Crippen molar-refractivity contribution in [3.8, 4) is 5.88 Å². The highest BCUT2D eigenvalue weighted by molar-refractivity contribution is 5.32. The van der Waals surface area contributed by atoms with Gasteiger partial charge >= 0.3 is 0 Å². The molecule has 0 unspecified atom stereocenters. The van der Waals surface area contributed by atoms with Crippen molar-refractivity contribution in [3.05, 3.63) is 17.6 Å². The zero-order valence-electron chi connectivity index (χ0n) is 9.65. The summed E-state index contributed by atoms with van der Waals surface area (Å²) in [5.74, 6) is 0.836. The van der Waals surface area contributed by atoms with E-state index in [1.807, 2.05) is 0 Å². The molecule has 2 heterocycles. The van der Waals surface area contributed by atoms with E-state index in [0.717, 1.165) is 31.1 Å². The molecule has 0 bridgehead atoms. The van der Waals surface area contributed by atoms with Crippen molar-refractivity contribution >= 4 is 0 Å². The highest BCUT2D eigenvalue weighted by Crippen LogP contribution is 2.29. The van der Waals surface area contributed by atoms with Crippen LogP contribution in [0.4, 0.5) is 0 Å². The Bertz CT molecular complexity index is 390. The van der Waals surface area contributed by atoms with E-state index in [4.69, 9.17) is 4.74 Å². The minimum atomic E-state index is 0.402. The summed E-state index contributed by atoms with van der Waals surface area (Å²) in [5, 5.41) is 0. The van der Waals surface area contributed by atoms with E-state index in [0.29, 0.717) is 6.10 Å². The molecule has 2 aliphatic rings. The van der Waals surface area contributed by atoms with Crippen LogP contribution in [0.2, 0.25) is 0 Å². The lowest BCUT2D eigenvalue weighted by molar-refractivity contribution is 0.111. The maximum Gasteiger partial charge on any atom is 0.220 e. The van der Waals surface area contributed by atoms with E-state index >= 15 is 0 Å². The molecule has 3 rings (SSSR count). The molecule has 1 aliphatic heterocycles. The summed E-state index contributed by atoms with van der Waals surface area (Å²) in [6, 6.07) is 0. The first-order valence-electron chi connectivity index (χ1n) is 6.01. The Morgan fingerprint density at radius 2 is 2.25 bits per heavy atom. The van der Waals surface area contributed by atoms with E-state index in [9.17, 15) is 0 Å². The minimum absolute atomic E-state index is 0.402. The molecule has 1 aromatic heterocycles. The summed E-state index contributed by atoms with van der Waals surface area (Å²) in [6.45, 7) is 1.99. The molecule has 0 aromatic carbocycles. The number of likely N-dealkylation sites (N-methyl/N-ethyl adjacent to an activating group) is 1. The first-order chi connectivity index (χ1) is 7.83. The van der Waals surface area contributed by atoms with Gasteiger partial charge in [-0.15, -0.1) is 0 Å². The second-order valence-corrected chi connectivity index (χ2v) is 4.76. The Labute approximate surface area is 95.7 Å². The average Bonchev–Trinajstić information content (AvgIpc) is 2.23. The molecule has 1 aromatic rings. The van der Waals surface area contributed by atoms with Crippen LogP contribution in [-0.4, -0.2) is 34.6 Å². The van der Waals surface area contributed by atoms with Crippen LogP contribution < -0.4 is 4.74 Å². The van der Waals surface area contributed by atoms with Crippen molar-refractivity contribution in [1.82, 2.24) is 14.9 Å². The normalized spacial score (nSPS) is 21.3. The van der Waals surface area contributed by atoms with Crippen LogP contribution in [0.1, 0.15) is 30.5 Å². The number of fused-ring (bicyclic) bond motifs is 1. The minimum Gasteiger partial charge on any atom is -0.474 e. The average molecular weight is 219 g/mol. The first-order valence-corrected chi connectivity index (χ1v) is 6.01. The largest absolute Gasteiger partial charge is 0.474 e. The maximum atomic E-state index is 5.91. The van der Waals surface area contributed by atoms with E-state index in [1.165, 1.54) is 24.8 Å². The van der Waals surface area contributed by atoms with Crippen molar-refractivity contribution in [2.24, 2.45) is 0 Å². The summed E-state index contributed by atoms with van der Waals surface area (Å²) in [6.07, 6.45) is 6.69. The molecule has 0 amide bonds. The Morgan fingerprint density at radius 1 is 1.38 bits per heavy atom. The monoisotopic (exact) mass is 219 g/mol. The standard InChI is InChI=1S/C12H17N3O/c1-15-6-5-10-11(7-15)13-8-14-12(10)16-9-3-2-4-9/h8-9H,2-7H2,1H3. The zero-order valence-corrected chi connectivity index (χ0v) is 9.65. The van der Waals surface area contributed by atoms with Crippen LogP contribution in [0.3, 0.4) is 0 Å². The van der Waals surface area contributed by atoms with Crippen molar-refractivity contribution < 1.29 is 4.74 Å². The van der Waals surface area contributed by atoms with Gasteiger partial charge in [-0.1, -0.05) is 0 Å². The number of hydrogen-bond donors (Lipinski definition) is 0. The smallest absolute Gasteiger partial charge is 0.220 e. The van der Waals surface area contributed by atoms with Gasteiger partial charge in [0.15, 0.2) is 0 Å². The van der Waals surface area contributed by atoms with Crippen LogP contribution >= 0.6 is 0 Å². The lowest BCUT2D eigenvalue weighted by Crippen LogP contribution is -2.30. The van der Waals surface area contributed by atoms with Crippen LogP contribution in [0.15, 0.2) is 6.33 Å². The van der Waals surface area contributed by atoms with Crippen molar-refractivity contribution in [2.75, 3.05) is 13.6 Å². The number of nitrogens with zero attached hydrogens (tertiary/aromatic N) is 3. The molecule has 0 saturated heterocycles. The number of aromatic nitrogens is 2. The fourth-order valence-electron chi connectivity index (χ4n) is 2.20. The molecular formula is C12H17N3O. The van der Waals surface area contributed by atoms with Gasteiger partial charge in [-0.2, -0.15) is 0 Å².